The second-order valence-electron chi connectivity index (χ2n) is 8.16. The zero-order chi connectivity index (χ0) is 19.7. The third kappa shape index (κ3) is 3.70. The summed E-state index contributed by atoms with van der Waals surface area (Å²) in [6.45, 7) is 7.97. The summed E-state index contributed by atoms with van der Waals surface area (Å²) < 4.78 is 13.1. The minimum Gasteiger partial charge on any atom is -0.330 e. The number of amides is 1. The van der Waals surface area contributed by atoms with Crippen LogP contribution in [-0.2, 0) is 25.9 Å². The summed E-state index contributed by atoms with van der Waals surface area (Å²) >= 11 is 0. The monoisotopic (exact) mass is 380 g/mol. The molecule has 0 N–H and O–H groups in total. The maximum absolute atomic E-state index is 13.1. The molecule has 0 bridgehead atoms. The molecule has 0 spiro atoms. The van der Waals surface area contributed by atoms with E-state index < -0.39 is 0 Å². The van der Waals surface area contributed by atoms with Gasteiger partial charge < -0.3 is 4.90 Å². The van der Waals surface area contributed by atoms with E-state index in [9.17, 15) is 9.18 Å². The molecule has 0 aromatic heterocycles. The largest absolute Gasteiger partial charge is 0.330 e. The normalized spacial score (nSPS) is 18.1. The van der Waals surface area contributed by atoms with Crippen molar-refractivity contribution >= 4 is 5.91 Å². The summed E-state index contributed by atoms with van der Waals surface area (Å²) in [7, 11) is 0. The topological polar surface area (TPSA) is 23.6 Å². The van der Waals surface area contributed by atoms with Gasteiger partial charge in [0.05, 0.1) is 0 Å². The molecule has 4 rings (SSSR count). The second-order valence-corrected chi connectivity index (χ2v) is 8.16. The highest BCUT2D eigenvalue weighted by Crippen LogP contribution is 2.33. The maximum atomic E-state index is 13.1. The fraction of sp³-hybridized carbons (Fsp3) is 0.458. The quantitative estimate of drug-likeness (QED) is 0.702. The number of hydrogen-bond acceptors (Lipinski definition) is 2. The van der Waals surface area contributed by atoms with Gasteiger partial charge in [-0.1, -0.05) is 32.0 Å². The summed E-state index contributed by atoms with van der Waals surface area (Å²) in [4.78, 5) is 17.4. The maximum Gasteiger partial charge on any atom is 0.254 e. The number of nitrogens with zero attached hydrogens (tertiary/aromatic N) is 2. The number of hydrogen-bond donors (Lipinski definition) is 0. The third-order valence-electron chi connectivity index (χ3n) is 6.04. The van der Waals surface area contributed by atoms with Gasteiger partial charge in [0.15, 0.2) is 0 Å². The Morgan fingerprint density at radius 3 is 2.29 bits per heavy atom. The lowest BCUT2D eigenvalue weighted by Crippen LogP contribution is -2.37. The van der Waals surface area contributed by atoms with Crippen LogP contribution in [0, 0.1) is 5.82 Å². The van der Waals surface area contributed by atoms with Crippen LogP contribution in [0.3, 0.4) is 0 Å². The molecular formula is C24H29FN2O. The van der Waals surface area contributed by atoms with E-state index in [1.807, 2.05) is 4.90 Å². The van der Waals surface area contributed by atoms with E-state index in [-0.39, 0.29) is 11.7 Å². The van der Waals surface area contributed by atoms with Gasteiger partial charge in [0.2, 0.25) is 0 Å². The first kappa shape index (κ1) is 19.1. The van der Waals surface area contributed by atoms with Gasteiger partial charge in [-0.25, -0.2) is 4.39 Å². The van der Waals surface area contributed by atoms with E-state index in [2.05, 4.69) is 30.9 Å². The van der Waals surface area contributed by atoms with Crippen molar-refractivity contribution in [2.24, 2.45) is 0 Å². The van der Waals surface area contributed by atoms with E-state index in [1.54, 1.807) is 12.1 Å². The van der Waals surface area contributed by atoms with Crippen LogP contribution in [0.2, 0.25) is 0 Å². The van der Waals surface area contributed by atoms with Gasteiger partial charge in [-0.2, -0.15) is 0 Å². The summed E-state index contributed by atoms with van der Waals surface area (Å²) in [5.41, 5.74) is 5.73. The lowest BCUT2D eigenvalue weighted by molar-refractivity contribution is 0.0766. The molecule has 1 amide bonds. The third-order valence-corrected chi connectivity index (χ3v) is 6.04. The summed E-state index contributed by atoms with van der Waals surface area (Å²) in [5, 5.41) is 0. The lowest BCUT2D eigenvalue weighted by Gasteiger charge is -2.27. The Labute approximate surface area is 167 Å². The number of benzene rings is 2. The summed E-state index contributed by atoms with van der Waals surface area (Å²) in [6.07, 6.45) is 4.50. The predicted octanol–water partition coefficient (Wildman–Crippen LogP) is 4.57. The van der Waals surface area contributed by atoms with E-state index in [0.717, 1.165) is 42.6 Å². The SMILES string of the molecule is CCCN(CCC)C1Cc2cc3c(cc2C1)C(=O)N(Cc1ccc(F)cc1)C3. The number of carbonyl (C=O) groups is 1. The molecule has 0 radical (unpaired) electrons. The van der Waals surface area contributed by atoms with Crippen LogP contribution in [0.1, 0.15) is 59.3 Å². The van der Waals surface area contributed by atoms with Crippen molar-refractivity contribution in [1.29, 1.82) is 0 Å². The second kappa shape index (κ2) is 8.04. The Bertz CT molecular complexity index is 856. The molecule has 28 heavy (non-hydrogen) atoms. The Balaban J connectivity index is 1.49. The van der Waals surface area contributed by atoms with Crippen LogP contribution in [0.25, 0.3) is 0 Å². The Morgan fingerprint density at radius 1 is 1.00 bits per heavy atom. The van der Waals surface area contributed by atoms with Crippen molar-refractivity contribution in [3.05, 3.63) is 70.0 Å². The van der Waals surface area contributed by atoms with Crippen molar-refractivity contribution < 1.29 is 9.18 Å². The van der Waals surface area contributed by atoms with Gasteiger partial charge in [-0.3, -0.25) is 9.69 Å². The molecule has 1 heterocycles. The van der Waals surface area contributed by atoms with Crippen molar-refractivity contribution in [1.82, 2.24) is 9.80 Å². The Kier molecular flexibility index (Phi) is 5.49. The van der Waals surface area contributed by atoms with Crippen molar-refractivity contribution in [3.63, 3.8) is 0 Å². The first-order valence-corrected chi connectivity index (χ1v) is 10.5. The minimum absolute atomic E-state index is 0.101. The van der Waals surface area contributed by atoms with Crippen LogP contribution >= 0.6 is 0 Å². The van der Waals surface area contributed by atoms with Crippen LogP contribution in [0.5, 0.6) is 0 Å². The smallest absolute Gasteiger partial charge is 0.254 e. The zero-order valence-electron chi connectivity index (χ0n) is 16.9. The zero-order valence-corrected chi connectivity index (χ0v) is 16.9. The molecule has 2 aromatic carbocycles. The van der Waals surface area contributed by atoms with Gasteiger partial charge in [0, 0.05) is 24.7 Å². The molecule has 1 unspecified atom stereocenters. The number of carbonyl (C=O) groups excluding carboxylic acids is 1. The average molecular weight is 381 g/mol. The summed E-state index contributed by atoms with van der Waals surface area (Å²) in [6, 6.07) is 11.4. The van der Waals surface area contributed by atoms with Gasteiger partial charge in [0.1, 0.15) is 5.82 Å². The van der Waals surface area contributed by atoms with E-state index in [0.29, 0.717) is 19.1 Å². The average Bonchev–Trinajstić information content (AvgIpc) is 3.23. The fourth-order valence-corrected chi connectivity index (χ4v) is 4.73. The Morgan fingerprint density at radius 2 is 1.64 bits per heavy atom. The van der Waals surface area contributed by atoms with Gasteiger partial charge >= 0.3 is 0 Å². The van der Waals surface area contributed by atoms with Gasteiger partial charge in [-0.15, -0.1) is 0 Å². The van der Waals surface area contributed by atoms with Crippen LogP contribution in [0.4, 0.5) is 4.39 Å². The molecule has 2 aromatic rings. The standard InChI is InChI=1S/C24H29FN2O/c1-3-9-26(10-4-2)22-12-18-11-20-16-27(15-17-5-7-21(25)8-6-17)24(28)23(20)14-19(18)13-22/h5-8,11,14,22H,3-4,9-10,12-13,15-16H2,1-2H3. The molecule has 0 saturated heterocycles. The first-order chi connectivity index (χ1) is 13.6. The molecule has 2 aliphatic rings. The fourth-order valence-electron chi connectivity index (χ4n) is 4.73. The van der Waals surface area contributed by atoms with Gasteiger partial charge in [-0.05, 0) is 79.2 Å². The molecule has 3 nitrogen and oxygen atoms in total. The van der Waals surface area contributed by atoms with Crippen molar-refractivity contribution in [2.75, 3.05) is 13.1 Å². The molecule has 1 atom stereocenters. The van der Waals surface area contributed by atoms with E-state index in [4.69, 9.17) is 0 Å². The molecule has 148 valence electrons. The molecule has 4 heteroatoms. The molecule has 0 fully saturated rings. The highest BCUT2D eigenvalue weighted by atomic mass is 19.1. The molecule has 1 aliphatic carbocycles. The van der Waals surface area contributed by atoms with Crippen LogP contribution in [0.15, 0.2) is 36.4 Å². The van der Waals surface area contributed by atoms with E-state index in [1.165, 1.54) is 36.1 Å². The number of fused-ring (bicyclic) bond motifs is 2. The molecular weight excluding hydrogens is 351 g/mol. The highest BCUT2D eigenvalue weighted by molar-refractivity contribution is 5.98. The minimum atomic E-state index is -0.244. The number of halogens is 1. The van der Waals surface area contributed by atoms with E-state index >= 15 is 0 Å². The predicted molar refractivity (Wildman–Crippen MR) is 110 cm³/mol. The van der Waals surface area contributed by atoms with Crippen molar-refractivity contribution in [3.8, 4) is 0 Å². The lowest BCUT2D eigenvalue weighted by atomic mass is 10.0. The molecule has 0 saturated carbocycles. The summed E-state index contributed by atoms with van der Waals surface area (Å²) in [5.74, 6) is -0.143. The van der Waals surface area contributed by atoms with Crippen LogP contribution < -0.4 is 0 Å². The molecule has 1 aliphatic heterocycles. The van der Waals surface area contributed by atoms with Crippen molar-refractivity contribution in [2.45, 2.75) is 58.7 Å². The number of rotatable bonds is 7. The Hall–Kier alpha value is -2.20. The highest BCUT2D eigenvalue weighted by Gasteiger charge is 2.32. The van der Waals surface area contributed by atoms with Gasteiger partial charge in [0.25, 0.3) is 5.91 Å². The first-order valence-electron chi connectivity index (χ1n) is 10.5. The van der Waals surface area contributed by atoms with Crippen LogP contribution in [-0.4, -0.2) is 34.8 Å².